The molecule has 0 radical (unpaired) electrons. The Morgan fingerprint density at radius 1 is 1.21 bits per heavy atom. The smallest absolute Gasteiger partial charge is 0.200 e. The zero-order valence-electron chi connectivity index (χ0n) is 18.3. The van der Waals surface area contributed by atoms with Crippen molar-refractivity contribution in [1.82, 2.24) is 4.98 Å². The summed E-state index contributed by atoms with van der Waals surface area (Å²) in [6.45, 7) is 3.53. The van der Waals surface area contributed by atoms with Crippen LogP contribution in [0.1, 0.15) is 42.7 Å². The lowest BCUT2D eigenvalue weighted by Crippen LogP contribution is -2.17. The number of rotatable bonds is 9. The van der Waals surface area contributed by atoms with E-state index in [1.807, 2.05) is 13.0 Å². The summed E-state index contributed by atoms with van der Waals surface area (Å²) in [5, 5.41) is 9.44. The molecule has 0 spiro atoms. The number of nitriles is 1. The third-order valence-electron chi connectivity index (χ3n) is 4.88. The van der Waals surface area contributed by atoms with Gasteiger partial charge in [0.05, 0.1) is 17.2 Å². The Morgan fingerprint density at radius 2 is 1.91 bits per heavy atom. The van der Waals surface area contributed by atoms with E-state index in [-0.39, 0.29) is 39.3 Å². The molecular formula is C23H22ClFN2O5S. The topological polar surface area (TPSA) is 102 Å². The summed E-state index contributed by atoms with van der Waals surface area (Å²) in [6, 6.07) is 11.1. The van der Waals surface area contributed by atoms with E-state index in [1.54, 1.807) is 12.1 Å². The van der Waals surface area contributed by atoms with Gasteiger partial charge in [0.1, 0.15) is 18.4 Å². The van der Waals surface area contributed by atoms with Gasteiger partial charge in [0.15, 0.2) is 38.4 Å². The summed E-state index contributed by atoms with van der Waals surface area (Å²) in [5.41, 5.74) is -1.27. The Bertz CT molecular complexity index is 1280. The second-order valence-electron chi connectivity index (χ2n) is 7.46. The van der Waals surface area contributed by atoms with E-state index in [1.165, 1.54) is 31.2 Å². The van der Waals surface area contributed by atoms with Crippen molar-refractivity contribution in [2.24, 2.45) is 0 Å². The van der Waals surface area contributed by atoms with Crippen molar-refractivity contribution in [3.8, 4) is 17.6 Å². The molecule has 0 amide bonds. The summed E-state index contributed by atoms with van der Waals surface area (Å²) in [4.78, 5) is 3.70. The summed E-state index contributed by atoms with van der Waals surface area (Å²) < 4.78 is 55.4. The highest BCUT2D eigenvalue weighted by molar-refractivity contribution is 7.90. The second kappa shape index (κ2) is 9.81. The number of sulfone groups is 1. The Balaban J connectivity index is 1.81. The Kier molecular flexibility index (Phi) is 7.30. The molecular weight excluding hydrogens is 471 g/mol. The number of halogens is 2. The van der Waals surface area contributed by atoms with E-state index in [4.69, 9.17) is 25.5 Å². The van der Waals surface area contributed by atoms with Gasteiger partial charge in [-0.25, -0.2) is 17.8 Å². The maximum atomic E-state index is 15.8. The van der Waals surface area contributed by atoms with Gasteiger partial charge in [0.25, 0.3) is 0 Å². The van der Waals surface area contributed by atoms with Crippen molar-refractivity contribution >= 4 is 21.4 Å². The fourth-order valence-corrected chi connectivity index (χ4v) is 4.17. The largest absolute Gasteiger partial charge is 0.491 e. The summed E-state index contributed by atoms with van der Waals surface area (Å²) in [5.74, 6) is 0.690. The van der Waals surface area contributed by atoms with E-state index in [9.17, 15) is 13.7 Å². The highest BCUT2D eigenvalue weighted by atomic mass is 35.5. The van der Waals surface area contributed by atoms with Crippen LogP contribution >= 0.6 is 11.6 Å². The van der Waals surface area contributed by atoms with E-state index in [2.05, 4.69) is 4.98 Å². The SMILES string of the molecule is CCCOc1c(Cl)cc(C(C)(F)c2ccc(OCc3ocnc3S(C)(=O)=O)cc2)cc1C#N. The van der Waals surface area contributed by atoms with E-state index in [0.29, 0.717) is 17.9 Å². The van der Waals surface area contributed by atoms with Crippen LogP contribution < -0.4 is 9.47 Å². The minimum Gasteiger partial charge on any atom is -0.491 e. The van der Waals surface area contributed by atoms with Crippen LogP contribution in [0.15, 0.2) is 52.2 Å². The van der Waals surface area contributed by atoms with Crippen molar-refractivity contribution in [1.29, 1.82) is 5.26 Å². The lowest BCUT2D eigenvalue weighted by Gasteiger charge is -2.23. The van der Waals surface area contributed by atoms with Crippen molar-refractivity contribution in [2.75, 3.05) is 12.9 Å². The van der Waals surface area contributed by atoms with Gasteiger partial charge in [-0.2, -0.15) is 5.26 Å². The van der Waals surface area contributed by atoms with Gasteiger partial charge < -0.3 is 13.9 Å². The standard InChI is InChI=1S/C23H22ClFN2O5S/c1-4-9-30-21-15(12-26)10-17(11-19(21)24)23(2,25)16-5-7-18(8-6-16)31-13-20-22(27-14-32-20)33(3,28)29/h5-8,10-11,14H,4,9,13H2,1-3H3. The van der Waals surface area contributed by atoms with Crippen LogP contribution in [0.5, 0.6) is 11.5 Å². The minimum absolute atomic E-state index is 0.0703. The molecule has 2 aromatic carbocycles. The Labute approximate surface area is 196 Å². The summed E-state index contributed by atoms with van der Waals surface area (Å²) in [6.07, 6.45) is 2.80. The van der Waals surface area contributed by atoms with Crippen LogP contribution in [-0.4, -0.2) is 26.3 Å². The number of benzene rings is 2. The molecule has 0 N–H and O–H groups in total. The van der Waals surface area contributed by atoms with Crippen molar-refractivity contribution in [3.63, 3.8) is 0 Å². The molecule has 0 saturated heterocycles. The Morgan fingerprint density at radius 3 is 2.52 bits per heavy atom. The molecule has 1 heterocycles. The zero-order chi connectivity index (χ0) is 24.2. The molecule has 1 unspecified atom stereocenters. The van der Waals surface area contributed by atoms with Gasteiger partial charge in [-0.05, 0) is 48.7 Å². The van der Waals surface area contributed by atoms with Gasteiger partial charge in [0, 0.05) is 6.26 Å². The number of oxazole rings is 1. The monoisotopic (exact) mass is 492 g/mol. The highest BCUT2D eigenvalue weighted by Gasteiger charge is 2.30. The maximum absolute atomic E-state index is 15.8. The molecule has 0 bridgehead atoms. The predicted octanol–water partition coefficient (Wildman–Crippen LogP) is 5.20. The molecule has 7 nitrogen and oxygen atoms in total. The number of aromatic nitrogens is 1. The van der Waals surface area contributed by atoms with Gasteiger partial charge >= 0.3 is 0 Å². The fourth-order valence-electron chi connectivity index (χ4n) is 3.14. The number of ether oxygens (including phenoxy) is 2. The van der Waals surface area contributed by atoms with Gasteiger partial charge in [-0.15, -0.1) is 0 Å². The first-order chi connectivity index (χ1) is 15.6. The van der Waals surface area contributed by atoms with Crippen LogP contribution in [-0.2, 0) is 22.1 Å². The molecule has 3 rings (SSSR count). The third kappa shape index (κ3) is 5.46. The number of hydrogen-bond donors (Lipinski definition) is 0. The zero-order valence-corrected chi connectivity index (χ0v) is 19.8. The molecule has 0 saturated carbocycles. The Hall–Kier alpha value is -3.09. The quantitative estimate of drug-likeness (QED) is 0.404. The first kappa shape index (κ1) is 24.6. The molecule has 0 aliphatic carbocycles. The van der Waals surface area contributed by atoms with Gasteiger partial charge in [-0.1, -0.05) is 30.7 Å². The van der Waals surface area contributed by atoms with E-state index in [0.717, 1.165) is 19.1 Å². The van der Waals surface area contributed by atoms with Gasteiger partial charge in [0.2, 0.25) is 0 Å². The van der Waals surface area contributed by atoms with E-state index >= 15 is 4.39 Å². The van der Waals surface area contributed by atoms with E-state index < -0.39 is 15.5 Å². The molecule has 1 aromatic heterocycles. The molecule has 174 valence electrons. The van der Waals surface area contributed by atoms with Gasteiger partial charge in [-0.3, -0.25) is 0 Å². The second-order valence-corrected chi connectivity index (χ2v) is 9.80. The molecule has 0 aliphatic rings. The number of hydrogen-bond acceptors (Lipinski definition) is 7. The lowest BCUT2D eigenvalue weighted by molar-refractivity contribution is 0.248. The molecule has 0 aliphatic heterocycles. The van der Waals surface area contributed by atoms with Crippen LogP contribution in [0.2, 0.25) is 5.02 Å². The normalized spacial score (nSPS) is 13.2. The summed E-state index contributed by atoms with van der Waals surface area (Å²) in [7, 11) is -3.55. The van der Waals surface area contributed by atoms with Crippen LogP contribution in [0.4, 0.5) is 4.39 Å². The van der Waals surface area contributed by atoms with Crippen molar-refractivity contribution < 1.29 is 26.7 Å². The van der Waals surface area contributed by atoms with Crippen LogP contribution in [0.3, 0.4) is 0 Å². The summed E-state index contributed by atoms with van der Waals surface area (Å²) >= 11 is 6.28. The highest BCUT2D eigenvalue weighted by Crippen LogP contribution is 2.39. The predicted molar refractivity (Wildman–Crippen MR) is 120 cm³/mol. The van der Waals surface area contributed by atoms with Crippen molar-refractivity contribution in [2.45, 2.75) is 37.6 Å². The fraction of sp³-hybridized carbons (Fsp3) is 0.304. The maximum Gasteiger partial charge on any atom is 0.200 e. The number of alkyl halides is 1. The molecule has 3 aromatic rings. The average Bonchev–Trinajstić information content (AvgIpc) is 3.26. The molecule has 10 heteroatoms. The molecule has 0 fully saturated rings. The minimum atomic E-state index is -3.55. The average molecular weight is 493 g/mol. The lowest BCUT2D eigenvalue weighted by atomic mass is 9.89. The third-order valence-corrected chi connectivity index (χ3v) is 6.19. The first-order valence-corrected chi connectivity index (χ1v) is 12.3. The molecule has 1 atom stereocenters. The van der Waals surface area contributed by atoms with Crippen molar-refractivity contribution in [3.05, 3.63) is 70.3 Å². The van der Waals surface area contributed by atoms with Crippen LogP contribution in [0.25, 0.3) is 0 Å². The molecule has 33 heavy (non-hydrogen) atoms. The van der Waals surface area contributed by atoms with Crippen LogP contribution in [0, 0.1) is 11.3 Å². The first-order valence-electron chi connectivity index (χ1n) is 9.99. The number of nitrogens with zero attached hydrogens (tertiary/aromatic N) is 2.